The summed E-state index contributed by atoms with van der Waals surface area (Å²) < 4.78 is 5.30. The molecule has 7 nitrogen and oxygen atoms in total. The number of carbonyl (C=O) groups is 4. The van der Waals surface area contributed by atoms with Gasteiger partial charge in [-0.3, -0.25) is 14.9 Å². The number of primary amides is 1. The van der Waals surface area contributed by atoms with E-state index >= 15 is 0 Å². The standard InChI is InChI=1S/C21H22N2O5/c1-12(2)18(19(25)23-21(22)27)28-20(26)16-7-5-4-6-15(16)17(24)14-10-8-13(3)9-11-14/h4-12,18H,1-3H3,(H3,22,23,25,27)/t18-/m1/s1. The van der Waals surface area contributed by atoms with Gasteiger partial charge in [-0.25, -0.2) is 9.59 Å². The summed E-state index contributed by atoms with van der Waals surface area (Å²) >= 11 is 0. The molecule has 146 valence electrons. The molecule has 2 rings (SSSR count). The second kappa shape index (κ2) is 8.94. The van der Waals surface area contributed by atoms with Crippen LogP contribution < -0.4 is 11.1 Å². The van der Waals surface area contributed by atoms with Gasteiger partial charge in [0.25, 0.3) is 5.91 Å². The highest BCUT2D eigenvalue weighted by Gasteiger charge is 2.29. The first-order chi connectivity index (χ1) is 13.2. The highest BCUT2D eigenvalue weighted by atomic mass is 16.5. The number of hydrogen-bond donors (Lipinski definition) is 2. The average Bonchev–Trinajstić information content (AvgIpc) is 2.65. The molecule has 0 aliphatic rings. The van der Waals surface area contributed by atoms with Crippen LogP contribution >= 0.6 is 0 Å². The number of ketones is 1. The monoisotopic (exact) mass is 382 g/mol. The first kappa shape index (κ1) is 20.8. The predicted octanol–water partition coefficient (Wildman–Crippen LogP) is 2.60. The van der Waals surface area contributed by atoms with E-state index in [1.165, 1.54) is 12.1 Å². The number of nitrogens with two attached hydrogens (primary N) is 1. The zero-order valence-electron chi connectivity index (χ0n) is 15.9. The van der Waals surface area contributed by atoms with Crippen LogP contribution in [0.15, 0.2) is 48.5 Å². The highest BCUT2D eigenvalue weighted by Crippen LogP contribution is 2.18. The third-order valence-electron chi connectivity index (χ3n) is 4.05. The molecule has 1 atom stereocenters. The van der Waals surface area contributed by atoms with E-state index < -0.39 is 29.9 Å². The molecule has 0 bridgehead atoms. The Morgan fingerprint density at radius 2 is 1.50 bits per heavy atom. The van der Waals surface area contributed by atoms with Gasteiger partial charge in [-0.05, 0) is 18.9 Å². The molecule has 0 radical (unpaired) electrons. The van der Waals surface area contributed by atoms with Crippen molar-refractivity contribution in [2.75, 3.05) is 0 Å². The summed E-state index contributed by atoms with van der Waals surface area (Å²) in [5, 5.41) is 1.91. The Hall–Kier alpha value is -3.48. The van der Waals surface area contributed by atoms with Crippen LogP contribution in [0.25, 0.3) is 0 Å². The van der Waals surface area contributed by atoms with Crippen LogP contribution in [0.1, 0.15) is 45.7 Å². The summed E-state index contributed by atoms with van der Waals surface area (Å²) in [6.45, 7) is 5.21. The fraction of sp³-hybridized carbons (Fsp3) is 0.238. The minimum Gasteiger partial charge on any atom is -0.448 e. The van der Waals surface area contributed by atoms with Gasteiger partial charge in [0, 0.05) is 11.1 Å². The van der Waals surface area contributed by atoms with E-state index in [0.29, 0.717) is 5.56 Å². The van der Waals surface area contributed by atoms with E-state index in [1.807, 2.05) is 12.2 Å². The molecule has 0 saturated carbocycles. The molecule has 2 aromatic rings. The molecule has 0 fully saturated rings. The van der Waals surface area contributed by atoms with Crippen LogP contribution in [0.3, 0.4) is 0 Å². The fourth-order valence-corrected chi connectivity index (χ4v) is 2.58. The van der Waals surface area contributed by atoms with E-state index in [4.69, 9.17) is 10.5 Å². The number of nitrogens with one attached hydrogen (secondary N) is 1. The van der Waals surface area contributed by atoms with Crippen molar-refractivity contribution in [3.63, 3.8) is 0 Å². The van der Waals surface area contributed by atoms with Crippen molar-refractivity contribution in [2.24, 2.45) is 11.7 Å². The number of carbonyl (C=O) groups excluding carboxylic acids is 4. The van der Waals surface area contributed by atoms with Crippen molar-refractivity contribution >= 4 is 23.7 Å². The van der Waals surface area contributed by atoms with Gasteiger partial charge in [-0.15, -0.1) is 0 Å². The Kier molecular flexibility index (Phi) is 6.65. The molecule has 3 N–H and O–H groups in total. The van der Waals surface area contributed by atoms with Crippen molar-refractivity contribution in [1.82, 2.24) is 5.32 Å². The maximum atomic E-state index is 12.8. The van der Waals surface area contributed by atoms with Gasteiger partial charge < -0.3 is 10.5 Å². The molecule has 0 unspecified atom stereocenters. The van der Waals surface area contributed by atoms with Crippen LogP contribution in [0.4, 0.5) is 4.79 Å². The summed E-state index contributed by atoms with van der Waals surface area (Å²) in [5.41, 5.74) is 6.58. The first-order valence-corrected chi connectivity index (χ1v) is 8.72. The fourth-order valence-electron chi connectivity index (χ4n) is 2.58. The number of urea groups is 1. The molecular formula is C21H22N2O5. The van der Waals surface area contributed by atoms with Crippen LogP contribution in [0.2, 0.25) is 0 Å². The Morgan fingerprint density at radius 1 is 0.929 bits per heavy atom. The summed E-state index contributed by atoms with van der Waals surface area (Å²) in [6.07, 6.45) is -1.23. The molecule has 0 aliphatic carbocycles. The number of amides is 3. The second-order valence-corrected chi connectivity index (χ2v) is 6.66. The lowest BCUT2D eigenvalue weighted by atomic mass is 9.97. The molecular weight excluding hydrogens is 360 g/mol. The number of rotatable bonds is 6. The number of benzene rings is 2. The molecule has 28 heavy (non-hydrogen) atoms. The lowest BCUT2D eigenvalue weighted by Crippen LogP contribution is -2.45. The van der Waals surface area contributed by atoms with E-state index in [2.05, 4.69) is 0 Å². The summed E-state index contributed by atoms with van der Waals surface area (Å²) in [7, 11) is 0. The third-order valence-corrected chi connectivity index (χ3v) is 4.05. The maximum Gasteiger partial charge on any atom is 0.339 e. The molecule has 0 saturated heterocycles. The molecule has 0 aromatic heterocycles. The molecule has 2 aromatic carbocycles. The van der Waals surface area contributed by atoms with Gasteiger partial charge in [0.15, 0.2) is 11.9 Å². The van der Waals surface area contributed by atoms with E-state index in [9.17, 15) is 19.2 Å². The largest absolute Gasteiger partial charge is 0.448 e. The van der Waals surface area contributed by atoms with Gasteiger partial charge in [0.1, 0.15) is 0 Å². The topological polar surface area (TPSA) is 116 Å². The van der Waals surface area contributed by atoms with Crippen molar-refractivity contribution in [3.8, 4) is 0 Å². The van der Waals surface area contributed by atoms with Crippen LogP contribution in [-0.4, -0.2) is 29.8 Å². The van der Waals surface area contributed by atoms with Gasteiger partial charge in [-0.2, -0.15) is 0 Å². The zero-order chi connectivity index (χ0) is 20.8. The predicted molar refractivity (Wildman–Crippen MR) is 103 cm³/mol. The Labute approximate surface area is 162 Å². The highest BCUT2D eigenvalue weighted by molar-refractivity contribution is 6.14. The molecule has 7 heteroatoms. The van der Waals surface area contributed by atoms with Gasteiger partial charge in [0.05, 0.1) is 5.56 Å². The van der Waals surface area contributed by atoms with Crippen LogP contribution in [0.5, 0.6) is 0 Å². The number of aryl methyl sites for hydroxylation is 1. The van der Waals surface area contributed by atoms with Gasteiger partial charge in [-0.1, -0.05) is 61.9 Å². The third kappa shape index (κ3) is 5.03. The van der Waals surface area contributed by atoms with Crippen LogP contribution in [0, 0.1) is 12.8 Å². The smallest absolute Gasteiger partial charge is 0.339 e. The van der Waals surface area contributed by atoms with E-state index in [-0.39, 0.29) is 16.9 Å². The van der Waals surface area contributed by atoms with Crippen molar-refractivity contribution in [3.05, 3.63) is 70.8 Å². The van der Waals surface area contributed by atoms with Gasteiger partial charge in [0.2, 0.25) is 0 Å². The number of esters is 1. The molecule has 0 heterocycles. The Bertz CT molecular complexity index is 903. The summed E-state index contributed by atoms with van der Waals surface area (Å²) in [6, 6.07) is 12.1. The molecule has 0 aliphatic heterocycles. The van der Waals surface area contributed by atoms with Crippen molar-refractivity contribution < 1.29 is 23.9 Å². The number of hydrogen-bond acceptors (Lipinski definition) is 5. The minimum absolute atomic E-state index is 0.0330. The summed E-state index contributed by atoms with van der Waals surface area (Å²) in [4.78, 5) is 48.5. The number of ether oxygens (including phenoxy) is 1. The Morgan fingerprint density at radius 3 is 2.04 bits per heavy atom. The van der Waals surface area contributed by atoms with E-state index in [1.54, 1.807) is 50.2 Å². The quantitative estimate of drug-likeness (QED) is 0.588. The van der Waals surface area contributed by atoms with Crippen molar-refractivity contribution in [1.29, 1.82) is 0 Å². The van der Waals surface area contributed by atoms with Gasteiger partial charge >= 0.3 is 12.0 Å². The molecule has 3 amide bonds. The number of imide groups is 1. The lowest BCUT2D eigenvalue weighted by molar-refractivity contribution is -0.130. The first-order valence-electron chi connectivity index (χ1n) is 8.72. The summed E-state index contributed by atoms with van der Waals surface area (Å²) in [5.74, 6) is -2.41. The second-order valence-electron chi connectivity index (χ2n) is 6.66. The normalized spacial score (nSPS) is 11.6. The van der Waals surface area contributed by atoms with E-state index in [0.717, 1.165) is 5.56 Å². The van der Waals surface area contributed by atoms with Crippen LogP contribution in [-0.2, 0) is 9.53 Å². The minimum atomic E-state index is -1.23. The SMILES string of the molecule is Cc1ccc(C(=O)c2ccccc2C(=O)O[C@@H](C(=O)NC(N)=O)C(C)C)cc1. The van der Waals surface area contributed by atoms with Crippen molar-refractivity contribution in [2.45, 2.75) is 26.9 Å². The Balaban J connectivity index is 2.30. The zero-order valence-corrected chi connectivity index (χ0v) is 15.9. The lowest BCUT2D eigenvalue weighted by Gasteiger charge is -2.20. The maximum absolute atomic E-state index is 12.8. The molecule has 0 spiro atoms. The average molecular weight is 382 g/mol.